The van der Waals surface area contributed by atoms with Gasteiger partial charge in [-0.25, -0.2) is 0 Å². The summed E-state index contributed by atoms with van der Waals surface area (Å²) in [4.78, 5) is 2.69. The highest BCUT2D eigenvalue weighted by atomic mass is 16.5. The first-order valence-corrected chi connectivity index (χ1v) is 5.90. The second-order valence-electron chi connectivity index (χ2n) is 5.97. The Labute approximate surface area is 87.6 Å². The maximum atomic E-state index is 5.58. The monoisotopic (exact) mass is 197 g/mol. The van der Waals surface area contributed by atoms with Crippen molar-refractivity contribution in [3.05, 3.63) is 0 Å². The largest absolute Gasteiger partial charge is 0.378 e. The molecule has 0 aromatic carbocycles. The van der Waals surface area contributed by atoms with Gasteiger partial charge in [0.2, 0.25) is 0 Å². The van der Waals surface area contributed by atoms with Crippen LogP contribution in [0, 0.1) is 5.41 Å². The van der Waals surface area contributed by atoms with Crippen LogP contribution < -0.4 is 0 Å². The number of morpholine rings is 1. The van der Waals surface area contributed by atoms with Crippen molar-refractivity contribution in [2.75, 3.05) is 19.8 Å². The van der Waals surface area contributed by atoms with Gasteiger partial charge < -0.3 is 4.74 Å². The Morgan fingerprint density at radius 3 is 2.21 bits per heavy atom. The number of hydrogen-bond donors (Lipinski definition) is 0. The van der Waals surface area contributed by atoms with Crippen molar-refractivity contribution in [2.24, 2.45) is 5.41 Å². The van der Waals surface area contributed by atoms with E-state index in [2.05, 4.69) is 25.7 Å². The summed E-state index contributed by atoms with van der Waals surface area (Å²) in [5.74, 6) is 0. The lowest BCUT2D eigenvalue weighted by Gasteiger charge is -2.36. The lowest BCUT2D eigenvalue weighted by Crippen LogP contribution is -2.46. The molecule has 0 aromatic rings. The molecule has 0 aromatic heterocycles. The second kappa shape index (κ2) is 3.82. The fourth-order valence-corrected chi connectivity index (χ4v) is 2.54. The van der Waals surface area contributed by atoms with Crippen LogP contribution in [0.1, 0.15) is 40.0 Å². The molecule has 2 fully saturated rings. The molecular weight excluding hydrogens is 174 g/mol. The minimum absolute atomic E-state index is 0.470. The Kier molecular flexibility index (Phi) is 2.85. The Morgan fingerprint density at radius 1 is 1.14 bits per heavy atom. The highest BCUT2D eigenvalue weighted by Crippen LogP contribution is 2.30. The van der Waals surface area contributed by atoms with Gasteiger partial charge in [0.25, 0.3) is 0 Å². The van der Waals surface area contributed by atoms with Crippen molar-refractivity contribution in [3.63, 3.8) is 0 Å². The first-order chi connectivity index (χ1) is 6.56. The van der Waals surface area contributed by atoms with Crippen LogP contribution in [0.15, 0.2) is 0 Å². The Balaban J connectivity index is 1.86. The molecule has 0 aliphatic carbocycles. The van der Waals surface area contributed by atoms with Gasteiger partial charge in [0.05, 0.1) is 13.2 Å². The van der Waals surface area contributed by atoms with E-state index in [1.165, 1.54) is 25.8 Å². The second-order valence-corrected chi connectivity index (χ2v) is 5.97. The Morgan fingerprint density at radius 2 is 1.71 bits per heavy atom. The zero-order valence-corrected chi connectivity index (χ0v) is 9.75. The molecule has 2 aliphatic rings. The molecule has 0 amide bonds. The molecule has 2 bridgehead atoms. The molecule has 2 saturated heterocycles. The quantitative estimate of drug-likeness (QED) is 0.673. The van der Waals surface area contributed by atoms with Gasteiger partial charge in [-0.1, -0.05) is 20.8 Å². The van der Waals surface area contributed by atoms with Gasteiger partial charge in [-0.15, -0.1) is 0 Å². The van der Waals surface area contributed by atoms with E-state index < -0.39 is 0 Å². The molecule has 2 nitrogen and oxygen atoms in total. The minimum Gasteiger partial charge on any atom is -0.378 e. The Bertz CT molecular complexity index is 181. The number of nitrogens with zero attached hydrogens (tertiary/aromatic N) is 1. The van der Waals surface area contributed by atoms with Crippen molar-refractivity contribution < 1.29 is 4.74 Å². The number of rotatable bonds is 2. The standard InChI is InChI=1S/C12H23NO/c1-12(2,3)6-7-13-10-4-5-11(13)9-14-8-10/h10-11H,4-9H2,1-3H3. The summed E-state index contributed by atoms with van der Waals surface area (Å²) < 4.78 is 5.58. The summed E-state index contributed by atoms with van der Waals surface area (Å²) in [5, 5.41) is 0. The summed E-state index contributed by atoms with van der Waals surface area (Å²) in [5.41, 5.74) is 0.470. The fourth-order valence-electron chi connectivity index (χ4n) is 2.54. The predicted octanol–water partition coefficient (Wildman–Crippen LogP) is 2.29. The molecule has 0 saturated carbocycles. The number of hydrogen-bond acceptors (Lipinski definition) is 2. The smallest absolute Gasteiger partial charge is 0.0622 e. The van der Waals surface area contributed by atoms with Gasteiger partial charge in [0.1, 0.15) is 0 Å². The lowest BCUT2D eigenvalue weighted by atomic mass is 9.92. The topological polar surface area (TPSA) is 12.5 Å². The van der Waals surface area contributed by atoms with E-state index in [0.717, 1.165) is 25.3 Å². The number of fused-ring (bicyclic) bond motifs is 2. The summed E-state index contributed by atoms with van der Waals surface area (Å²) in [6, 6.07) is 1.46. The number of ether oxygens (including phenoxy) is 1. The lowest BCUT2D eigenvalue weighted by molar-refractivity contribution is -0.0183. The zero-order chi connectivity index (χ0) is 10.2. The van der Waals surface area contributed by atoms with Gasteiger partial charge in [-0.3, -0.25) is 4.90 Å². The highest BCUT2D eigenvalue weighted by Gasteiger charge is 2.37. The SMILES string of the molecule is CC(C)(C)CCN1C2CCC1COC2. The van der Waals surface area contributed by atoms with E-state index in [-0.39, 0.29) is 0 Å². The average molecular weight is 197 g/mol. The fraction of sp³-hybridized carbons (Fsp3) is 1.00. The predicted molar refractivity (Wildman–Crippen MR) is 58.4 cm³/mol. The normalized spacial score (nSPS) is 33.6. The maximum Gasteiger partial charge on any atom is 0.0622 e. The highest BCUT2D eigenvalue weighted by molar-refractivity contribution is 4.91. The van der Waals surface area contributed by atoms with Crippen molar-refractivity contribution in [1.82, 2.24) is 4.90 Å². The van der Waals surface area contributed by atoms with Crippen LogP contribution in [0.4, 0.5) is 0 Å². The van der Waals surface area contributed by atoms with Crippen molar-refractivity contribution in [3.8, 4) is 0 Å². The third-order valence-corrected chi connectivity index (χ3v) is 3.51. The zero-order valence-electron chi connectivity index (χ0n) is 9.75. The Hall–Kier alpha value is -0.0800. The first-order valence-electron chi connectivity index (χ1n) is 5.90. The van der Waals surface area contributed by atoms with E-state index in [4.69, 9.17) is 4.74 Å². The van der Waals surface area contributed by atoms with Crippen LogP contribution in [0.5, 0.6) is 0 Å². The van der Waals surface area contributed by atoms with Crippen molar-refractivity contribution in [1.29, 1.82) is 0 Å². The van der Waals surface area contributed by atoms with E-state index >= 15 is 0 Å². The van der Waals surface area contributed by atoms with E-state index in [0.29, 0.717) is 5.41 Å². The van der Waals surface area contributed by atoms with Crippen LogP contribution >= 0.6 is 0 Å². The molecule has 0 N–H and O–H groups in total. The first kappa shape index (κ1) is 10.4. The summed E-state index contributed by atoms with van der Waals surface area (Å²) in [7, 11) is 0. The molecular formula is C12H23NO. The molecule has 14 heavy (non-hydrogen) atoms. The molecule has 2 rings (SSSR count). The van der Waals surface area contributed by atoms with Crippen molar-refractivity contribution >= 4 is 0 Å². The van der Waals surface area contributed by atoms with E-state index in [1.807, 2.05) is 0 Å². The summed E-state index contributed by atoms with van der Waals surface area (Å²) in [6.45, 7) is 10.2. The third kappa shape index (κ3) is 2.29. The van der Waals surface area contributed by atoms with Gasteiger partial charge in [0, 0.05) is 12.1 Å². The van der Waals surface area contributed by atoms with Crippen LogP contribution in [0.3, 0.4) is 0 Å². The van der Waals surface area contributed by atoms with Crippen LogP contribution in [-0.4, -0.2) is 36.7 Å². The summed E-state index contributed by atoms with van der Waals surface area (Å²) in [6.07, 6.45) is 4.02. The molecule has 2 unspecified atom stereocenters. The van der Waals surface area contributed by atoms with Crippen molar-refractivity contribution in [2.45, 2.75) is 52.1 Å². The van der Waals surface area contributed by atoms with Crippen LogP contribution in [0.2, 0.25) is 0 Å². The third-order valence-electron chi connectivity index (χ3n) is 3.51. The van der Waals surface area contributed by atoms with E-state index in [1.54, 1.807) is 0 Å². The molecule has 2 heteroatoms. The van der Waals surface area contributed by atoms with Gasteiger partial charge in [-0.05, 0) is 31.2 Å². The van der Waals surface area contributed by atoms with Gasteiger partial charge in [-0.2, -0.15) is 0 Å². The van der Waals surface area contributed by atoms with Gasteiger partial charge in [0.15, 0.2) is 0 Å². The molecule has 82 valence electrons. The maximum absolute atomic E-state index is 5.58. The molecule has 2 atom stereocenters. The molecule has 0 spiro atoms. The molecule has 0 radical (unpaired) electrons. The van der Waals surface area contributed by atoms with Crippen LogP contribution in [0.25, 0.3) is 0 Å². The van der Waals surface area contributed by atoms with Gasteiger partial charge >= 0.3 is 0 Å². The summed E-state index contributed by atoms with van der Waals surface area (Å²) >= 11 is 0. The van der Waals surface area contributed by atoms with E-state index in [9.17, 15) is 0 Å². The molecule has 2 aliphatic heterocycles. The minimum atomic E-state index is 0.470. The average Bonchev–Trinajstić information content (AvgIpc) is 2.32. The van der Waals surface area contributed by atoms with Crippen LogP contribution in [-0.2, 0) is 4.74 Å². The molecule has 2 heterocycles.